The van der Waals surface area contributed by atoms with Gasteiger partial charge in [0.25, 0.3) is 0 Å². The number of aryl methyl sites for hydroxylation is 3. The number of furan rings is 1. The standard InChI is InChI=1S/C22H17ClFNO3/c1-11-7-8-16(12(2)9-11)25-21-20(18-14(23)5-4-6-15(18)24)19-17(28-21)10-13(3)27-22(19)26/h4-10,25H,1-3H3. The van der Waals surface area contributed by atoms with Crippen molar-refractivity contribution in [3.63, 3.8) is 0 Å². The van der Waals surface area contributed by atoms with Crippen LogP contribution >= 0.6 is 11.6 Å². The summed E-state index contributed by atoms with van der Waals surface area (Å²) in [6, 6.07) is 11.8. The molecule has 0 bridgehead atoms. The molecule has 4 rings (SSSR count). The molecule has 0 aliphatic carbocycles. The highest BCUT2D eigenvalue weighted by Gasteiger charge is 2.25. The predicted octanol–water partition coefficient (Wildman–Crippen LogP) is 6.51. The molecule has 1 N–H and O–H groups in total. The highest BCUT2D eigenvalue weighted by atomic mass is 35.5. The molecule has 4 nitrogen and oxygen atoms in total. The Balaban J connectivity index is 2.03. The van der Waals surface area contributed by atoms with E-state index in [0.717, 1.165) is 16.8 Å². The number of benzene rings is 2. The molecule has 0 amide bonds. The lowest BCUT2D eigenvalue weighted by Gasteiger charge is -2.11. The van der Waals surface area contributed by atoms with Crippen molar-refractivity contribution >= 4 is 34.1 Å². The lowest BCUT2D eigenvalue weighted by Crippen LogP contribution is -2.01. The highest BCUT2D eigenvalue weighted by Crippen LogP contribution is 2.43. The van der Waals surface area contributed by atoms with Gasteiger partial charge in [-0.3, -0.25) is 0 Å². The number of halogens is 2. The van der Waals surface area contributed by atoms with Crippen LogP contribution in [0, 0.1) is 26.6 Å². The van der Waals surface area contributed by atoms with Crippen LogP contribution in [-0.4, -0.2) is 0 Å². The van der Waals surface area contributed by atoms with E-state index in [2.05, 4.69) is 5.32 Å². The molecule has 142 valence electrons. The zero-order chi connectivity index (χ0) is 20.0. The van der Waals surface area contributed by atoms with Crippen molar-refractivity contribution in [1.82, 2.24) is 0 Å². The normalized spacial score (nSPS) is 11.2. The van der Waals surface area contributed by atoms with Gasteiger partial charge in [0.05, 0.1) is 10.6 Å². The first-order valence-electron chi connectivity index (χ1n) is 8.71. The van der Waals surface area contributed by atoms with Gasteiger partial charge in [-0.2, -0.15) is 0 Å². The van der Waals surface area contributed by atoms with Crippen LogP contribution in [0.5, 0.6) is 0 Å². The SMILES string of the molecule is Cc1ccc(Nc2oc3cc(C)oc(=O)c3c2-c2c(F)cccc2Cl)c(C)c1. The van der Waals surface area contributed by atoms with Crippen LogP contribution in [0.2, 0.25) is 5.02 Å². The lowest BCUT2D eigenvalue weighted by atomic mass is 10.0. The molecule has 0 spiro atoms. The first-order chi connectivity index (χ1) is 13.3. The molecular weight excluding hydrogens is 381 g/mol. The number of nitrogens with one attached hydrogen (secondary N) is 1. The molecule has 6 heteroatoms. The molecular formula is C22H17ClFNO3. The summed E-state index contributed by atoms with van der Waals surface area (Å²) in [5, 5.41) is 3.50. The van der Waals surface area contributed by atoms with Gasteiger partial charge >= 0.3 is 5.63 Å². The molecule has 0 saturated heterocycles. The zero-order valence-corrected chi connectivity index (χ0v) is 16.3. The van der Waals surface area contributed by atoms with E-state index >= 15 is 0 Å². The van der Waals surface area contributed by atoms with Gasteiger partial charge < -0.3 is 14.2 Å². The van der Waals surface area contributed by atoms with Crippen LogP contribution < -0.4 is 10.9 Å². The van der Waals surface area contributed by atoms with Gasteiger partial charge in [-0.15, -0.1) is 0 Å². The quantitative estimate of drug-likeness (QED) is 0.428. The van der Waals surface area contributed by atoms with Gasteiger partial charge in [-0.05, 0) is 44.5 Å². The van der Waals surface area contributed by atoms with Crippen molar-refractivity contribution in [2.45, 2.75) is 20.8 Å². The molecule has 0 aliphatic rings. The van der Waals surface area contributed by atoms with Crippen molar-refractivity contribution in [1.29, 1.82) is 0 Å². The van der Waals surface area contributed by atoms with E-state index in [-0.39, 0.29) is 27.4 Å². The first-order valence-corrected chi connectivity index (χ1v) is 9.09. The minimum Gasteiger partial charge on any atom is -0.439 e. The van der Waals surface area contributed by atoms with Crippen LogP contribution in [0.4, 0.5) is 16.0 Å². The summed E-state index contributed by atoms with van der Waals surface area (Å²) in [5.41, 5.74) is 2.89. The van der Waals surface area contributed by atoms with Crippen LogP contribution in [0.15, 0.2) is 56.1 Å². The van der Waals surface area contributed by atoms with E-state index in [0.29, 0.717) is 11.3 Å². The average molecular weight is 398 g/mol. The number of rotatable bonds is 3. The summed E-state index contributed by atoms with van der Waals surface area (Å²) < 4.78 is 25.9. The summed E-state index contributed by atoms with van der Waals surface area (Å²) in [6.45, 7) is 5.60. The van der Waals surface area contributed by atoms with Gasteiger partial charge in [-0.1, -0.05) is 35.4 Å². The van der Waals surface area contributed by atoms with E-state index in [1.54, 1.807) is 19.1 Å². The topological polar surface area (TPSA) is 55.4 Å². The Morgan fingerprint density at radius 3 is 2.50 bits per heavy atom. The van der Waals surface area contributed by atoms with E-state index in [1.165, 1.54) is 12.1 Å². The first kappa shape index (κ1) is 18.3. The van der Waals surface area contributed by atoms with Gasteiger partial charge in [0.2, 0.25) is 5.88 Å². The number of hydrogen-bond acceptors (Lipinski definition) is 4. The van der Waals surface area contributed by atoms with E-state index < -0.39 is 11.4 Å². The summed E-state index contributed by atoms with van der Waals surface area (Å²) in [6.07, 6.45) is 0. The maximum absolute atomic E-state index is 14.7. The molecule has 0 unspecified atom stereocenters. The molecule has 0 aliphatic heterocycles. The number of fused-ring (bicyclic) bond motifs is 1. The fraction of sp³-hybridized carbons (Fsp3) is 0.136. The lowest BCUT2D eigenvalue weighted by molar-refractivity contribution is 0.485. The van der Waals surface area contributed by atoms with E-state index in [4.69, 9.17) is 20.4 Å². The van der Waals surface area contributed by atoms with Gasteiger partial charge in [-0.25, -0.2) is 9.18 Å². The second-order valence-electron chi connectivity index (χ2n) is 6.73. The molecule has 0 fully saturated rings. The third kappa shape index (κ3) is 3.08. The van der Waals surface area contributed by atoms with Crippen LogP contribution in [-0.2, 0) is 0 Å². The second-order valence-corrected chi connectivity index (χ2v) is 7.14. The van der Waals surface area contributed by atoms with Crippen LogP contribution in [0.3, 0.4) is 0 Å². The summed E-state index contributed by atoms with van der Waals surface area (Å²) >= 11 is 6.29. The second kappa shape index (κ2) is 6.84. The highest BCUT2D eigenvalue weighted by molar-refractivity contribution is 6.34. The Bertz CT molecular complexity index is 1250. The van der Waals surface area contributed by atoms with Crippen LogP contribution in [0.1, 0.15) is 16.9 Å². The number of hydrogen-bond donors (Lipinski definition) is 1. The fourth-order valence-electron chi connectivity index (χ4n) is 3.30. The van der Waals surface area contributed by atoms with Crippen molar-refractivity contribution < 1.29 is 13.2 Å². The van der Waals surface area contributed by atoms with Crippen molar-refractivity contribution in [2.75, 3.05) is 5.32 Å². The molecule has 4 aromatic rings. The maximum Gasteiger partial charge on any atom is 0.347 e. The van der Waals surface area contributed by atoms with Crippen molar-refractivity contribution in [2.24, 2.45) is 0 Å². The Morgan fingerprint density at radius 1 is 1.00 bits per heavy atom. The minimum absolute atomic E-state index is 0.0892. The average Bonchev–Trinajstić information content (AvgIpc) is 2.95. The van der Waals surface area contributed by atoms with Gasteiger partial charge in [0, 0.05) is 17.3 Å². The minimum atomic E-state index is -0.609. The third-order valence-corrected chi connectivity index (χ3v) is 4.89. The third-order valence-electron chi connectivity index (χ3n) is 4.57. The molecule has 28 heavy (non-hydrogen) atoms. The number of anilines is 2. The summed E-state index contributed by atoms with van der Waals surface area (Å²) in [5.74, 6) is 0.0706. The molecule has 0 radical (unpaired) electrons. The monoisotopic (exact) mass is 397 g/mol. The van der Waals surface area contributed by atoms with Gasteiger partial charge in [0.1, 0.15) is 22.5 Å². The van der Waals surface area contributed by atoms with E-state index in [9.17, 15) is 9.18 Å². The van der Waals surface area contributed by atoms with E-state index in [1.807, 2.05) is 32.0 Å². The molecule has 2 aromatic carbocycles. The van der Waals surface area contributed by atoms with Crippen LogP contribution in [0.25, 0.3) is 22.1 Å². The largest absolute Gasteiger partial charge is 0.439 e. The summed E-state index contributed by atoms with van der Waals surface area (Å²) in [4.78, 5) is 12.6. The Kier molecular flexibility index (Phi) is 4.47. The predicted molar refractivity (Wildman–Crippen MR) is 109 cm³/mol. The molecule has 0 atom stereocenters. The Morgan fingerprint density at radius 2 is 1.79 bits per heavy atom. The fourth-order valence-corrected chi connectivity index (χ4v) is 3.56. The Hall–Kier alpha value is -3.05. The van der Waals surface area contributed by atoms with Crippen molar-refractivity contribution in [3.05, 3.63) is 80.6 Å². The molecule has 2 heterocycles. The smallest absolute Gasteiger partial charge is 0.347 e. The molecule has 0 saturated carbocycles. The molecule has 2 aromatic heterocycles. The summed E-state index contributed by atoms with van der Waals surface area (Å²) in [7, 11) is 0. The Labute approximate surface area is 165 Å². The maximum atomic E-state index is 14.7. The van der Waals surface area contributed by atoms with Gasteiger partial charge in [0.15, 0.2) is 0 Å². The zero-order valence-electron chi connectivity index (χ0n) is 15.5. The van der Waals surface area contributed by atoms with Crippen molar-refractivity contribution in [3.8, 4) is 11.1 Å².